The van der Waals surface area contributed by atoms with Gasteiger partial charge in [0.15, 0.2) is 4.96 Å². The third kappa shape index (κ3) is 4.81. The lowest BCUT2D eigenvalue weighted by atomic mass is 9.90. The summed E-state index contributed by atoms with van der Waals surface area (Å²) < 4.78 is 6.75. The number of carbonyl (C=O) groups excluding carboxylic acids is 3. The smallest absolute Gasteiger partial charge is 0.265 e. The number of methoxy groups -OCH3 is 1. The van der Waals surface area contributed by atoms with Gasteiger partial charge in [-0.25, -0.2) is 4.98 Å². The Morgan fingerprint density at radius 1 is 1.37 bits per heavy atom. The number of aryl methyl sites for hydroxylation is 1. The Balaban J connectivity index is 1.49. The Morgan fingerprint density at radius 3 is 2.70 bits per heavy atom. The molecule has 30 heavy (non-hydrogen) atoms. The summed E-state index contributed by atoms with van der Waals surface area (Å²) in [6, 6.07) is -0.0209. The average molecular weight is 436 g/mol. The fourth-order valence-corrected chi connectivity index (χ4v) is 4.85. The quantitative estimate of drug-likeness (QED) is 0.704. The summed E-state index contributed by atoms with van der Waals surface area (Å²) in [7, 11) is 3.03. The normalized spacial score (nSPS) is 15.9. The van der Waals surface area contributed by atoms with Crippen molar-refractivity contribution in [3.63, 3.8) is 0 Å². The largest absolute Gasteiger partial charge is 0.375 e. The molecule has 9 nitrogen and oxygen atoms in total. The summed E-state index contributed by atoms with van der Waals surface area (Å²) in [5.74, 6) is -0.0786. The van der Waals surface area contributed by atoms with Crippen molar-refractivity contribution in [1.29, 1.82) is 0 Å². The van der Waals surface area contributed by atoms with E-state index in [9.17, 15) is 14.4 Å². The number of hydrogen-bond donors (Lipinski definition) is 1. The van der Waals surface area contributed by atoms with Gasteiger partial charge in [-0.05, 0) is 32.6 Å². The summed E-state index contributed by atoms with van der Waals surface area (Å²) in [5.41, 5.74) is 0.924. The van der Waals surface area contributed by atoms with E-state index >= 15 is 0 Å². The fraction of sp³-hybridized carbons (Fsp3) is 0.600. The van der Waals surface area contributed by atoms with Crippen LogP contribution in [0, 0.1) is 12.8 Å². The second kappa shape index (κ2) is 9.57. The Morgan fingerprint density at radius 2 is 2.07 bits per heavy atom. The van der Waals surface area contributed by atoms with Crippen molar-refractivity contribution in [3.8, 4) is 0 Å². The van der Waals surface area contributed by atoms with Crippen LogP contribution in [0.25, 0.3) is 4.96 Å². The van der Waals surface area contributed by atoms with E-state index in [2.05, 4.69) is 10.3 Å². The fourth-order valence-electron chi connectivity index (χ4n) is 3.79. The molecule has 2 aromatic rings. The number of carbonyl (C=O) groups is 3. The van der Waals surface area contributed by atoms with Crippen LogP contribution in [0.5, 0.6) is 0 Å². The lowest BCUT2D eigenvalue weighted by Gasteiger charge is -2.35. The molecule has 10 heteroatoms. The molecule has 164 valence electrons. The SMILES string of the molecule is COCC(=O)N(C)CC(=O)N[C@H](C)C1CCN(C(=O)c2sc3nccn3c2C)CC1. The molecule has 3 amide bonds. The number of piperidine rings is 1. The molecule has 1 aliphatic heterocycles. The molecular formula is C20H29N5O4S. The number of fused-ring (bicyclic) bond motifs is 1. The molecule has 1 N–H and O–H groups in total. The molecule has 0 unspecified atom stereocenters. The third-order valence-corrected chi connectivity index (χ3v) is 6.84. The predicted molar refractivity (Wildman–Crippen MR) is 114 cm³/mol. The molecule has 1 saturated heterocycles. The van der Waals surface area contributed by atoms with Crippen LogP contribution in [0.15, 0.2) is 12.4 Å². The highest BCUT2D eigenvalue weighted by Crippen LogP contribution is 2.27. The van der Waals surface area contributed by atoms with E-state index in [1.807, 2.05) is 29.3 Å². The number of amides is 3. The van der Waals surface area contributed by atoms with Crippen LogP contribution in [0.1, 0.15) is 35.1 Å². The number of thiazole rings is 1. The van der Waals surface area contributed by atoms with Gasteiger partial charge in [-0.2, -0.15) is 0 Å². The maximum atomic E-state index is 13.0. The lowest BCUT2D eigenvalue weighted by Crippen LogP contribution is -2.48. The van der Waals surface area contributed by atoms with E-state index in [4.69, 9.17) is 4.74 Å². The van der Waals surface area contributed by atoms with Crippen molar-refractivity contribution < 1.29 is 19.1 Å². The van der Waals surface area contributed by atoms with Crippen LogP contribution in [0.3, 0.4) is 0 Å². The van der Waals surface area contributed by atoms with Crippen LogP contribution in [-0.4, -0.2) is 83.3 Å². The minimum absolute atomic E-state index is 0.00333. The minimum Gasteiger partial charge on any atom is -0.375 e. The molecule has 0 radical (unpaired) electrons. The first-order chi connectivity index (χ1) is 14.3. The zero-order valence-electron chi connectivity index (χ0n) is 17.9. The summed E-state index contributed by atoms with van der Waals surface area (Å²) >= 11 is 1.42. The molecule has 1 atom stereocenters. The van der Waals surface area contributed by atoms with E-state index < -0.39 is 0 Å². The van der Waals surface area contributed by atoms with Gasteiger partial charge in [0.05, 0.1) is 6.54 Å². The number of aromatic nitrogens is 2. The molecule has 0 aliphatic carbocycles. The summed E-state index contributed by atoms with van der Waals surface area (Å²) in [6.45, 7) is 5.21. The minimum atomic E-state index is -0.233. The van der Waals surface area contributed by atoms with Crippen molar-refractivity contribution in [1.82, 2.24) is 24.5 Å². The van der Waals surface area contributed by atoms with Crippen LogP contribution in [-0.2, 0) is 14.3 Å². The molecule has 0 saturated carbocycles. The van der Waals surface area contributed by atoms with Gasteiger partial charge in [-0.1, -0.05) is 11.3 Å². The second-order valence-electron chi connectivity index (χ2n) is 7.77. The standard InChI is InChI=1S/C20H29N5O4S/c1-13(22-16(26)11-23(3)17(27)12-29-4)15-5-8-24(9-6-15)19(28)18-14(2)25-10-7-21-20(25)30-18/h7,10,13,15H,5-6,8-9,11-12H2,1-4H3,(H,22,26)/t13-/m1/s1. The van der Waals surface area contributed by atoms with E-state index in [1.165, 1.54) is 23.3 Å². The van der Waals surface area contributed by atoms with Crippen LogP contribution in [0.4, 0.5) is 0 Å². The maximum Gasteiger partial charge on any atom is 0.265 e. The molecule has 3 rings (SSSR count). The van der Waals surface area contributed by atoms with Crippen molar-refractivity contribution >= 4 is 34.0 Å². The summed E-state index contributed by atoms with van der Waals surface area (Å²) in [6.07, 6.45) is 5.26. The molecule has 1 fully saturated rings. The van der Waals surface area contributed by atoms with Crippen LogP contribution < -0.4 is 5.32 Å². The van der Waals surface area contributed by atoms with E-state index in [1.54, 1.807) is 13.2 Å². The van der Waals surface area contributed by atoms with Gasteiger partial charge in [0.25, 0.3) is 5.91 Å². The number of nitrogens with zero attached hydrogens (tertiary/aromatic N) is 4. The van der Waals surface area contributed by atoms with Gasteiger partial charge in [0, 0.05) is 51.4 Å². The number of rotatable bonds is 7. The third-order valence-electron chi connectivity index (χ3n) is 5.68. The number of likely N-dealkylation sites (tertiary alicyclic amines) is 1. The number of likely N-dealkylation sites (N-methyl/N-ethyl adjacent to an activating group) is 1. The molecule has 0 bridgehead atoms. The van der Waals surface area contributed by atoms with Gasteiger partial charge < -0.3 is 19.9 Å². The Kier molecular flexibility index (Phi) is 7.09. The van der Waals surface area contributed by atoms with Crippen molar-refractivity contribution in [2.75, 3.05) is 40.4 Å². The second-order valence-corrected chi connectivity index (χ2v) is 8.74. The molecule has 3 heterocycles. The zero-order chi connectivity index (χ0) is 21.8. The molecular weight excluding hydrogens is 406 g/mol. The van der Waals surface area contributed by atoms with Gasteiger partial charge in [-0.3, -0.25) is 18.8 Å². The molecule has 0 spiro atoms. The van der Waals surface area contributed by atoms with Gasteiger partial charge >= 0.3 is 0 Å². The Bertz CT molecular complexity index is 916. The predicted octanol–water partition coefficient (Wildman–Crippen LogP) is 1.17. The highest BCUT2D eigenvalue weighted by molar-refractivity contribution is 7.19. The molecule has 2 aromatic heterocycles. The molecule has 1 aliphatic rings. The highest BCUT2D eigenvalue weighted by Gasteiger charge is 2.29. The monoisotopic (exact) mass is 435 g/mol. The first kappa shape index (κ1) is 22.2. The Hall–Kier alpha value is -2.46. The van der Waals surface area contributed by atoms with Gasteiger partial charge in [0.2, 0.25) is 11.8 Å². The van der Waals surface area contributed by atoms with E-state index in [0.717, 1.165) is 28.4 Å². The highest BCUT2D eigenvalue weighted by atomic mass is 32.1. The number of ether oxygens (including phenoxy) is 1. The maximum absolute atomic E-state index is 13.0. The summed E-state index contributed by atoms with van der Waals surface area (Å²) in [5, 5.41) is 2.99. The number of nitrogens with one attached hydrogen (secondary N) is 1. The average Bonchev–Trinajstić information content (AvgIpc) is 3.30. The summed E-state index contributed by atoms with van der Waals surface area (Å²) in [4.78, 5) is 46.0. The topological polar surface area (TPSA) is 96.2 Å². The number of hydrogen-bond acceptors (Lipinski definition) is 6. The first-order valence-electron chi connectivity index (χ1n) is 10.1. The first-order valence-corrected chi connectivity index (χ1v) is 10.9. The Labute approximate surface area is 180 Å². The van der Waals surface area contributed by atoms with Crippen molar-refractivity contribution in [3.05, 3.63) is 23.0 Å². The van der Waals surface area contributed by atoms with E-state index in [-0.39, 0.29) is 36.9 Å². The van der Waals surface area contributed by atoms with Crippen molar-refractivity contribution in [2.45, 2.75) is 32.7 Å². The van der Waals surface area contributed by atoms with E-state index in [0.29, 0.717) is 19.0 Å². The van der Waals surface area contributed by atoms with Gasteiger partial charge in [-0.15, -0.1) is 0 Å². The van der Waals surface area contributed by atoms with Crippen LogP contribution >= 0.6 is 11.3 Å². The van der Waals surface area contributed by atoms with Crippen molar-refractivity contribution in [2.24, 2.45) is 5.92 Å². The lowest BCUT2D eigenvalue weighted by molar-refractivity contribution is -0.137. The number of imidazole rings is 1. The van der Waals surface area contributed by atoms with Crippen LogP contribution in [0.2, 0.25) is 0 Å². The zero-order valence-corrected chi connectivity index (χ0v) is 18.7. The van der Waals surface area contributed by atoms with Gasteiger partial charge in [0.1, 0.15) is 11.5 Å². The molecule has 0 aromatic carbocycles.